The molecule has 3 aromatic carbocycles. The molecule has 0 spiro atoms. The Labute approximate surface area is 135 Å². The van der Waals surface area contributed by atoms with Crippen molar-refractivity contribution in [3.63, 3.8) is 0 Å². The van der Waals surface area contributed by atoms with Gasteiger partial charge in [0.2, 0.25) is 5.89 Å². The third-order valence-corrected chi connectivity index (χ3v) is 4.07. The van der Waals surface area contributed by atoms with E-state index in [-0.39, 0.29) is 5.92 Å². The van der Waals surface area contributed by atoms with Gasteiger partial charge < -0.3 is 4.42 Å². The van der Waals surface area contributed by atoms with Gasteiger partial charge in [0.25, 0.3) is 0 Å². The zero-order valence-electron chi connectivity index (χ0n) is 12.9. The molecule has 0 N–H and O–H groups in total. The fourth-order valence-corrected chi connectivity index (χ4v) is 2.95. The summed E-state index contributed by atoms with van der Waals surface area (Å²) in [6, 6.07) is 26.9. The maximum atomic E-state index is 6.08. The van der Waals surface area contributed by atoms with Crippen LogP contribution in [0.3, 0.4) is 0 Å². The monoisotopic (exact) mass is 299 g/mol. The SMILES string of the molecule is Cc1ccc2oc(C(c3ccccc3)c3ccccc3)nc2c1. The molecule has 0 fully saturated rings. The van der Waals surface area contributed by atoms with Crippen LogP contribution in [0.15, 0.2) is 83.3 Å². The molecule has 2 heteroatoms. The fourth-order valence-electron chi connectivity index (χ4n) is 2.95. The minimum Gasteiger partial charge on any atom is -0.440 e. The largest absolute Gasteiger partial charge is 0.440 e. The van der Waals surface area contributed by atoms with E-state index in [4.69, 9.17) is 9.40 Å². The van der Waals surface area contributed by atoms with Gasteiger partial charge in [0, 0.05) is 0 Å². The Morgan fingerprint density at radius 3 is 2.00 bits per heavy atom. The highest BCUT2D eigenvalue weighted by Gasteiger charge is 2.22. The topological polar surface area (TPSA) is 26.0 Å². The standard InChI is InChI=1S/C21H17NO/c1-15-12-13-19-18(14-15)22-21(23-19)20(16-8-4-2-5-9-16)17-10-6-3-7-11-17/h2-14,20H,1H3. The summed E-state index contributed by atoms with van der Waals surface area (Å²) in [5.74, 6) is 0.744. The molecule has 4 rings (SSSR count). The lowest BCUT2D eigenvalue weighted by atomic mass is 9.91. The van der Waals surface area contributed by atoms with E-state index in [1.165, 1.54) is 16.7 Å². The summed E-state index contributed by atoms with van der Waals surface area (Å²) in [4.78, 5) is 4.76. The lowest BCUT2D eigenvalue weighted by Gasteiger charge is -2.14. The minimum atomic E-state index is 0.00473. The first-order valence-electron chi connectivity index (χ1n) is 7.78. The van der Waals surface area contributed by atoms with Gasteiger partial charge in [-0.1, -0.05) is 66.7 Å². The highest BCUT2D eigenvalue weighted by molar-refractivity contribution is 5.73. The Balaban J connectivity index is 1.90. The summed E-state index contributed by atoms with van der Waals surface area (Å²) >= 11 is 0. The molecule has 0 saturated carbocycles. The van der Waals surface area contributed by atoms with Crippen molar-refractivity contribution in [2.75, 3.05) is 0 Å². The number of hydrogen-bond donors (Lipinski definition) is 0. The van der Waals surface area contributed by atoms with Gasteiger partial charge in [-0.25, -0.2) is 4.98 Å². The van der Waals surface area contributed by atoms with Crippen molar-refractivity contribution in [1.29, 1.82) is 0 Å². The number of nitrogens with zero attached hydrogens (tertiary/aromatic N) is 1. The second-order valence-electron chi connectivity index (χ2n) is 5.78. The molecule has 0 saturated heterocycles. The zero-order valence-corrected chi connectivity index (χ0v) is 12.9. The Morgan fingerprint density at radius 2 is 1.39 bits per heavy atom. The summed E-state index contributed by atoms with van der Waals surface area (Å²) < 4.78 is 6.08. The third-order valence-electron chi connectivity index (χ3n) is 4.07. The molecule has 0 unspecified atom stereocenters. The van der Waals surface area contributed by atoms with Crippen LogP contribution in [0.25, 0.3) is 11.1 Å². The number of rotatable bonds is 3. The van der Waals surface area contributed by atoms with Gasteiger partial charge in [-0.15, -0.1) is 0 Å². The van der Waals surface area contributed by atoms with Crippen molar-refractivity contribution in [2.45, 2.75) is 12.8 Å². The number of oxazole rings is 1. The van der Waals surface area contributed by atoms with Crippen LogP contribution in [0, 0.1) is 6.92 Å². The number of aromatic nitrogens is 1. The van der Waals surface area contributed by atoms with Crippen LogP contribution in [-0.2, 0) is 0 Å². The minimum absolute atomic E-state index is 0.00473. The van der Waals surface area contributed by atoms with Crippen molar-refractivity contribution < 1.29 is 4.42 Å². The molecule has 112 valence electrons. The van der Waals surface area contributed by atoms with E-state index in [9.17, 15) is 0 Å². The van der Waals surface area contributed by atoms with E-state index >= 15 is 0 Å². The fraction of sp³-hybridized carbons (Fsp3) is 0.0952. The highest BCUT2D eigenvalue weighted by atomic mass is 16.3. The molecule has 0 aliphatic carbocycles. The number of benzene rings is 3. The van der Waals surface area contributed by atoms with Crippen molar-refractivity contribution in [1.82, 2.24) is 4.98 Å². The predicted molar refractivity (Wildman–Crippen MR) is 92.6 cm³/mol. The first-order chi connectivity index (χ1) is 11.3. The van der Waals surface area contributed by atoms with E-state index in [0.29, 0.717) is 0 Å². The first-order valence-corrected chi connectivity index (χ1v) is 7.78. The lowest BCUT2D eigenvalue weighted by molar-refractivity contribution is 0.522. The molecule has 23 heavy (non-hydrogen) atoms. The predicted octanol–water partition coefficient (Wildman–Crippen LogP) is 5.32. The quantitative estimate of drug-likeness (QED) is 0.512. The van der Waals surface area contributed by atoms with E-state index in [0.717, 1.165) is 17.0 Å². The summed E-state index contributed by atoms with van der Waals surface area (Å²) in [5, 5.41) is 0. The molecule has 2 nitrogen and oxygen atoms in total. The maximum Gasteiger partial charge on any atom is 0.207 e. The van der Waals surface area contributed by atoms with Crippen LogP contribution in [0.5, 0.6) is 0 Å². The first kappa shape index (κ1) is 13.8. The van der Waals surface area contributed by atoms with Gasteiger partial charge in [-0.2, -0.15) is 0 Å². The molecular weight excluding hydrogens is 282 g/mol. The second-order valence-corrected chi connectivity index (χ2v) is 5.78. The van der Waals surface area contributed by atoms with Crippen molar-refractivity contribution in [3.8, 4) is 0 Å². The van der Waals surface area contributed by atoms with Crippen LogP contribution in [0.2, 0.25) is 0 Å². The van der Waals surface area contributed by atoms with E-state index in [2.05, 4.69) is 67.6 Å². The average molecular weight is 299 g/mol. The molecule has 0 bridgehead atoms. The smallest absolute Gasteiger partial charge is 0.207 e. The Bertz CT molecular complexity index is 886. The summed E-state index contributed by atoms with van der Waals surface area (Å²) in [7, 11) is 0. The molecule has 4 aromatic rings. The molecule has 0 amide bonds. The average Bonchev–Trinajstić information content (AvgIpc) is 2.99. The Kier molecular flexibility index (Phi) is 3.43. The van der Waals surface area contributed by atoms with Gasteiger partial charge >= 0.3 is 0 Å². The Hall–Kier alpha value is -2.87. The molecule has 0 atom stereocenters. The zero-order chi connectivity index (χ0) is 15.6. The van der Waals surface area contributed by atoms with Crippen LogP contribution >= 0.6 is 0 Å². The third kappa shape index (κ3) is 2.64. The van der Waals surface area contributed by atoms with Gasteiger partial charge in [-0.05, 0) is 35.7 Å². The molecule has 0 radical (unpaired) electrons. The van der Waals surface area contributed by atoms with Gasteiger partial charge in [-0.3, -0.25) is 0 Å². The summed E-state index contributed by atoms with van der Waals surface area (Å²) in [5.41, 5.74) is 5.30. The summed E-state index contributed by atoms with van der Waals surface area (Å²) in [6.07, 6.45) is 0. The van der Waals surface area contributed by atoms with Crippen LogP contribution < -0.4 is 0 Å². The van der Waals surface area contributed by atoms with Gasteiger partial charge in [0.05, 0.1) is 5.92 Å². The second kappa shape index (κ2) is 5.73. The number of hydrogen-bond acceptors (Lipinski definition) is 2. The molecule has 1 aromatic heterocycles. The van der Waals surface area contributed by atoms with E-state index in [1.807, 2.05) is 18.2 Å². The van der Waals surface area contributed by atoms with Crippen molar-refractivity contribution >= 4 is 11.1 Å². The maximum absolute atomic E-state index is 6.08. The molecule has 1 heterocycles. The highest BCUT2D eigenvalue weighted by Crippen LogP contribution is 2.33. The van der Waals surface area contributed by atoms with Crippen LogP contribution in [-0.4, -0.2) is 4.98 Å². The Morgan fingerprint density at radius 1 is 0.783 bits per heavy atom. The van der Waals surface area contributed by atoms with Crippen molar-refractivity contribution in [3.05, 3.63) is 101 Å². The van der Waals surface area contributed by atoms with Gasteiger partial charge in [0.1, 0.15) is 5.52 Å². The van der Waals surface area contributed by atoms with Crippen LogP contribution in [0.1, 0.15) is 28.5 Å². The summed E-state index contributed by atoms with van der Waals surface area (Å²) in [6.45, 7) is 2.07. The molecule has 0 aliphatic rings. The van der Waals surface area contributed by atoms with Gasteiger partial charge in [0.15, 0.2) is 5.58 Å². The van der Waals surface area contributed by atoms with E-state index in [1.54, 1.807) is 0 Å². The van der Waals surface area contributed by atoms with Crippen molar-refractivity contribution in [2.24, 2.45) is 0 Å². The van der Waals surface area contributed by atoms with Crippen LogP contribution in [0.4, 0.5) is 0 Å². The number of fused-ring (bicyclic) bond motifs is 1. The van der Waals surface area contributed by atoms with E-state index < -0.39 is 0 Å². The molecular formula is C21H17NO. The normalized spacial score (nSPS) is 11.2. The lowest BCUT2D eigenvalue weighted by Crippen LogP contribution is -2.03. The number of aryl methyl sites for hydroxylation is 1. The molecule has 0 aliphatic heterocycles.